The summed E-state index contributed by atoms with van der Waals surface area (Å²) in [6, 6.07) is 9.83. The first kappa shape index (κ1) is 18.6. The molecule has 2 aromatic carbocycles. The van der Waals surface area contributed by atoms with Crippen LogP contribution < -0.4 is 11.1 Å². The number of nitrogens with two attached hydrogens (primary N) is 1. The molecule has 0 saturated heterocycles. The lowest BCUT2D eigenvalue weighted by Crippen LogP contribution is -2.40. The molecule has 0 bridgehead atoms. The zero-order chi connectivity index (χ0) is 19.9. The van der Waals surface area contributed by atoms with E-state index < -0.39 is 0 Å². The highest BCUT2D eigenvalue weighted by atomic mass is 32.1. The molecule has 5 nitrogen and oxygen atoms in total. The van der Waals surface area contributed by atoms with E-state index in [1.807, 2.05) is 25.4 Å². The Morgan fingerprint density at radius 3 is 2.50 bits per heavy atom. The number of nitrogens with zero attached hydrogens (tertiary/aromatic N) is 2. The van der Waals surface area contributed by atoms with E-state index in [2.05, 4.69) is 23.0 Å². The van der Waals surface area contributed by atoms with Gasteiger partial charge in [-0.15, -0.1) is 12.6 Å². The van der Waals surface area contributed by atoms with Gasteiger partial charge in [0.25, 0.3) is 0 Å². The maximum absolute atomic E-state index is 12.4. The Morgan fingerprint density at radius 1 is 1.25 bits per heavy atom. The Bertz CT molecular complexity index is 1020. The summed E-state index contributed by atoms with van der Waals surface area (Å²) < 4.78 is 13.8. The van der Waals surface area contributed by atoms with E-state index in [0.29, 0.717) is 5.69 Å². The maximum atomic E-state index is 12.4. The number of rotatable bonds is 1. The van der Waals surface area contributed by atoms with Crippen LogP contribution in [0.3, 0.4) is 0 Å². The van der Waals surface area contributed by atoms with Crippen molar-refractivity contribution >= 4 is 29.9 Å². The fourth-order valence-electron chi connectivity index (χ4n) is 3.79. The molecule has 3 aromatic rings. The lowest BCUT2D eigenvalue weighted by molar-refractivity contribution is -0.123. The van der Waals surface area contributed by atoms with E-state index in [9.17, 15) is 9.18 Å². The lowest BCUT2D eigenvalue weighted by atomic mass is 9.65. The number of hydrogen-bond acceptors (Lipinski definition) is 4. The number of benzene rings is 2. The monoisotopic (exact) mass is 396 g/mol. The zero-order valence-electron chi connectivity index (χ0n) is 15.4. The van der Waals surface area contributed by atoms with Crippen molar-refractivity contribution in [1.29, 1.82) is 0 Å². The van der Waals surface area contributed by atoms with E-state index in [1.54, 1.807) is 23.0 Å². The Morgan fingerprint density at radius 2 is 1.96 bits per heavy atom. The summed E-state index contributed by atoms with van der Waals surface area (Å²) in [5.41, 5.74) is 10.3. The minimum atomic E-state index is -0.332. The average Bonchev–Trinajstić information content (AvgIpc) is 3.17. The number of anilines is 2. The van der Waals surface area contributed by atoms with Gasteiger partial charge in [-0.25, -0.2) is 4.39 Å². The minimum Gasteiger partial charge on any atom is -0.399 e. The fraction of sp³-hybridized carbons (Fsp3) is 0.238. The number of fused-ring (bicyclic) bond motifs is 2. The van der Waals surface area contributed by atoms with Gasteiger partial charge in [0.2, 0.25) is 5.91 Å². The van der Waals surface area contributed by atoms with E-state index in [0.717, 1.165) is 46.5 Å². The highest BCUT2D eigenvalue weighted by Gasteiger charge is 2.51. The topological polar surface area (TPSA) is 72.9 Å². The lowest BCUT2D eigenvalue weighted by Gasteiger charge is -2.36. The van der Waals surface area contributed by atoms with Crippen LogP contribution in [0.4, 0.5) is 15.8 Å². The van der Waals surface area contributed by atoms with Crippen LogP contribution in [-0.2, 0) is 17.3 Å². The van der Waals surface area contributed by atoms with Crippen LogP contribution in [-0.4, -0.2) is 15.7 Å². The molecule has 2 aliphatic rings. The van der Waals surface area contributed by atoms with Gasteiger partial charge in [-0.1, -0.05) is 6.42 Å². The Hall–Kier alpha value is -2.80. The second-order valence-electron chi connectivity index (χ2n) is 7.26. The minimum absolute atomic E-state index is 0.120. The Labute approximate surface area is 168 Å². The van der Waals surface area contributed by atoms with E-state index in [-0.39, 0.29) is 17.1 Å². The molecule has 144 valence electrons. The van der Waals surface area contributed by atoms with Gasteiger partial charge in [0.05, 0.1) is 17.3 Å². The van der Waals surface area contributed by atoms with Crippen LogP contribution in [0.5, 0.6) is 0 Å². The summed E-state index contributed by atoms with van der Waals surface area (Å²) in [6.45, 7) is 0. The third kappa shape index (κ3) is 3.16. The summed E-state index contributed by atoms with van der Waals surface area (Å²) in [7, 11) is 1.88. The molecule has 7 heteroatoms. The molecule has 1 amide bonds. The Kier molecular flexibility index (Phi) is 4.63. The van der Waals surface area contributed by atoms with Crippen molar-refractivity contribution in [2.75, 3.05) is 11.1 Å². The van der Waals surface area contributed by atoms with Gasteiger partial charge in [0, 0.05) is 35.0 Å². The van der Waals surface area contributed by atoms with E-state index in [1.165, 1.54) is 12.1 Å². The second kappa shape index (κ2) is 6.98. The Balaban J connectivity index is 0.000000203. The number of aromatic nitrogens is 2. The largest absolute Gasteiger partial charge is 0.399 e. The molecule has 1 saturated carbocycles. The van der Waals surface area contributed by atoms with Crippen molar-refractivity contribution < 1.29 is 9.18 Å². The van der Waals surface area contributed by atoms with Crippen molar-refractivity contribution in [1.82, 2.24) is 9.78 Å². The number of carbonyl (C=O) groups excluding carboxylic acids is 1. The molecule has 28 heavy (non-hydrogen) atoms. The first-order valence-electron chi connectivity index (χ1n) is 9.08. The number of nitrogen functional groups attached to an aromatic ring is 1. The van der Waals surface area contributed by atoms with Crippen molar-refractivity contribution in [2.24, 2.45) is 7.05 Å². The summed E-state index contributed by atoms with van der Waals surface area (Å²) in [4.78, 5) is 13.1. The molecule has 1 aromatic heterocycles. The van der Waals surface area contributed by atoms with Crippen molar-refractivity contribution in [3.8, 4) is 11.1 Å². The van der Waals surface area contributed by atoms with Crippen molar-refractivity contribution in [3.63, 3.8) is 0 Å². The van der Waals surface area contributed by atoms with Crippen LogP contribution in [0, 0.1) is 5.82 Å². The molecule has 0 unspecified atom stereocenters. The number of thiol groups is 1. The van der Waals surface area contributed by atoms with Crippen molar-refractivity contribution in [2.45, 2.75) is 29.6 Å². The SMILES string of the molecule is Cn1cc(-c2cc(N)cc3c2NC(=O)C32CCC2)cn1.Fc1ccc(S)cc1. The normalized spacial score (nSPS) is 16.0. The highest BCUT2D eigenvalue weighted by molar-refractivity contribution is 7.80. The van der Waals surface area contributed by atoms with Crippen LogP contribution in [0.1, 0.15) is 24.8 Å². The summed E-state index contributed by atoms with van der Waals surface area (Å²) in [6.07, 6.45) is 6.67. The van der Waals surface area contributed by atoms with Gasteiger partial charge >= 0.3 is 0 Å². The maximum Gasteiger partial charge on any atom is 0.235 e. The smallest absolute Gasteiger partial charge is 0.235 e. The molecule has 1 aliphatic heterocycles. The summed E-state index contributed by atoms with van der Waals surface area (Å²) >= 11 is 3.97. The van der Waals surface area contributed by atoms with Crippen LogP contribution >= 0.6 is 12.6 Å². The molecule has 2 heterocycles. The number of hydrogen-bond donors (Lipinski definition) is 3. The fourth-order valence-corrected chi connectivity index (χ4v) is 3.94. The van der Waals surface area contributed by atoms with E-state index >= 15 is 0 Å². The number of amides is 1. The number of carbonyl (C=O) groups is 1. The average molecular weight is 396 g/mol. The summed E-state index contributed by atoms with van der Waals surface area (Å²) in [5.74, 6) is -0.0997. The molecule has 0 radical (unpaired) electrons. The summed E-state index contributed by atoms with van der Waals surface area (Å²) in [5, 5.41) is 7.26. The molecule has 1 fully saturated rings. The number of halogens is 1. The van der Waals surface area contributed by atoms with Gasteiger partial charge in [0.15, 0.2) is 0 Å². The third-order valence-electron chi connectivity index (χ3n) is 5.40. The highest BCUT2D eigenvalue weighted by Crippen LogP contribution is 2.53. The van der Waals surface area contributed by atoms with Gasteiger partial charge in [-0.05, 0) is 54.8 Å². The molecular formula is C21H21FN4OS. The predicted molar refractivity (Wildman–Crippen MR) is 111 cm³/mol. The number of aryl methyl sites for hydroxylation is 1. The first-order valence-corrected chi connectivity index (χ1v) is 9.53. The molecule has 1 aliphatic carbocycles. The van der Waals surface area contributed by atoms with Gasteiger partial charge in [-0.2, -0.15) is 5.10 Å². The van der Waals surface area contributed by atoms with Crippen LogP contribution in [0.25, 0.3) is 11.1 Å². The van der Waals surface area contributed by atoms with Gasteiger partial charge in [-0.3, -0.25) is 9.48 Å². The molecule has 5 rings (SSSR count). The number of nitrogens with one attached hydrogen (secondary N) is 1. The zero-order valence-corrected chi connectivity index (χ0v) is 16.3. The molecular weight excluding hydrogens is 375 g/mol. The predicted octanol–water partition coefficient (Wildman–Crippen LogP) is 4.16. The molecule has 3 N–H and O–H groups in total. The van der Waals surface area contributed by atoms with Gasteiger partial charge in [0.1, 0.15) is 5.82 Å². The van der Waals surface area contributed by atoms with Gasteiger partial charge < -0.3 is 11.1 Å². The van der Waals surface area contributed by atoms with Crippen molar-refractivity contribution in [3.05, 3.63) is 60.2 Å². The molecule has 0 atom stereocenters. The standard InChI is InChI=1S/C15H16N4O.C6H5FS/c1-19-8-9(7-17-19)11-5-10(16)6-12-13(11)18-14(20)15(12)3-2-4-15;7-5-1-3-6(8)4-2-5/h5-8H,2-4,16H2,1H3,(H,18,20);1-4,8H. The molecule has 1 spiro atoms. The first-order chi connectivity index (χ1) is 13.4. The van der Waals surface area contributed by atoms with Crippen LogP contribution in [0.15, 0.2) is 53.7 Å². The van der Waals surface area contributed by atoms with E-state index in [4.69, 9.17) is 5.73 Å². The third-order valence-corrected chi connectivity index (χ3v) is 5.70. The second-order valence-corrected chi connectivity index (χ2v) is 7.78. The van der Waals surface area contributed by atoms with Crippen LogP contribution in [0.2, 0.25) is 0 Å². The quantitative estimate of drug-likeness (QED) is 0.427.